The highest BCUT2D eigenvalue weighted by molar-refractivity contribution is 5.94. The van der Waals surface area contributed by atoms with Crippen molar-refractivity contribution in [3.63, 3.8) is 0 Å². The van der Waals surface area contributed by atoms with Gasteiger partial charge in [-0.05, 0) is 35.4 Å². The van der Waals surface area contributed by atoms with E-state index in [9.17, 15) is 22.4 Å². The van der Waals surface area contributed by atoms with Gasteiger partial charge in [0.15, 0.2) is 0 Å². The number of hydrogen-bond donors (Lipinski definition) is 1. The molecule has 3 aromatic rings. The van der Waals surface area contributed by atoms with E-state index in [2.05, 4.69) is 9.97 Å². The van der Waals surface area contributed by atoms with Gasteiger partial charge in [0, 0.05) is 31.4 Å². The van der Waals surface area contributed by atoms with Crippen molar-refractivity contribution in [1.82, 2.24) is 14.9 Å². The number of likely N-dealkylation sites (tertiary alicyclic amines) is 1. The number of halogens is 4. The van der Waals surface area contributed by atoms with E-state index in [0.717, 1.165) is 29.5 Å². The molecule has 1 N–H and O–H groups in total. The summed E-state index contributed by atoms with van der Waals surface area (Å²) in [6.07, 6.45) is -1.73. The SMILES string of the molecule is O=C(c1cc(-c2ccc(F)cc2)c[nH]1)N1CCC(Oc2cc(C(F)(F)F)ccn2)C1. The molecule has 1 aliphatic heterocycles. The Kier molecular flexibility index (Phi) is 5.19. The molecule has 0 radical (unpaired) electrons. The highest BCUT2D eigenvalue weighted by atomic mass is 19.4. The van der Waals surface area contributed by atoms with E-state index in [1.165, 1.54) is 12.1 Å². The molecule has 0 spiro atoms. The number of aromatic nitrogens is 2. The van der Waals surface area contributed by atoms with E-state index < -0.39 is 17.8 Å². The van der Waals surface area contributed by atoms with Gasteiger partial charge in [-0.15, -0.1) is 0 Å². The first-order chi connectivity index (χ1) is 14.3. The van der Waals surface area contributed by atoms with Crippen LogP contribution < -0.4 is 4.74 Å². The second kappa shape index (κ2) is 7.81. The van der Waals surface area contributed by atoms with Gasteiger partial charge in [-0.3, -0.25) is 4.79 Å². The number of carbonyl (C=O) groups excluding carboxylic acids is 1. The first kappa shape index (κ1) is 19.9. The van der Waals surface area contributed by atoms with Crippen LogP contribution in [0.15, 0.2) is 54.9 Å². The van der Waals surface area contributed by atoms with Crippen LogP contribution in [0.5, 0.6) is 5.88 Å². The maximum Gasteiger partial charge on any atom is 0.416 e. The number of carbonyl (C=O) groups is 1. The minimum atomic E-state index is -4.48. The Bertz CT molecular complexity index is 1050. The minimum Gasteiger partial charge on any atom is -0.472 e. The van der Waals surface area contributed by atoms with Crippen LogP contribution in [0.2, 0.25) is 0 Å². The molecule has 30 heavy (non-hydrogen) atoms. The summed E-state index contributed by atoms with van der Waals surface area (Å²) in [6.45, 7) is 0.648. The highest BCUT2D eigenvalue weighted by Crippen LogP contribution is 2.31. The van der Waals surface area contributed by atoms with Crippen LogP contribution in [0.25, 0.3) is 11.1 Å². The molecule has 1 atom stereocenters. The number of ether oxygens (including phenoxy) is 1. The normalized spacial score (nSPS) is 16.7. The Morgan fingerprint density at radius 2 is 1.90 bits per heavy atom. The average Bonchev–Trinajstić information content (AvgIpc) is 3.38. The van der Waals surface area contributed by atoms with Gasteiger partial charge in [0.2, 0.25) is 5.88 Å². The molecule has 0 bridgehead atoms. The van der Waals surface area contributed by atoms with E-state index in [1.807, 2.05) is 0 Å². The first-order valence-corrected chi connectivity index (χ1v) is 9.23. The molecule has 5 nitrogen and oxygen atoms in total. The van der Waals surface area contributed by atoms with Crippen LogP contribution in [0.4, 0.5) is 17.6 Å². The van der Waals surface area contributed by atoms with E-state index in [0.29, 0.717) is 18.7 Å². The molecule has 1 fully saturated rings. The number of aromatic amines is 1. The standard InChI is InChI=1S/C21H17F4N3O2/c22-16-3-1-13(2-4-16)14-9-18(27-11-14)20(29)28-8-6-17(12-28)30-19-10-15(5-7-26-19)21(23,24)25/h1-5,7,9-11,17,27H,6,8,12H2. The second-order valence-corrected chi connectivity index (χ2v) is 6.97. The highest BCUT2D eigenvalue weighted by Gasteiger charge is 2.32. The number of rotatable bonds is 4. The van der Waals surface area contributed by atoms with Crippen molar-refractivity contribution >= 4 is 5.91 Å². The molecule has 1 aliphatic rings. The maximum absolute atomic E-state index is 13.1. The number of amides is 1. The van der Waals surface area contributed by atoms with Crippen molar-refractivity contribution in [2.24, 2.45) is 0 Å². The van der Waals surface area contributed by atoms with E-state index in [1.54, 1.807) is 29.3 Å². The van der Waals surface area contributed by atoms with Crippen LogP contribution in [0, 0.1) is 5.82 Å². The quantitative estimate of drug-likeness (QED) is 0.633. The molecular formula is C21H17F4N3O2. The molecule has 1 saturated heterocycles. The van der Waals surface area contributed by atoms with Gasteiger partial charge >= 0.3 is 6.18 Å². The lowest BCUT2D eigenvalue weighted by Crippen LogP contribution is -2.31. The lowest BCUT2D eigenvalue weighted by molar-refractivity contribution is -0.137. The van der Waals surface area contributed by atoms with Crippen LogP contribution in [-0.2, 0) is 6.18 Å². The van der Waals surface area contributed by atoms with Crippen molar-refractivity contribution in [2.75, 3.05) is 13.1 Å². The minimum absolute atomic E-state index is 0.123. The molecule has 0 aliphatic carbocycles. The molecule has 1 unspecified atom stereocenters. The summed E-state index contributed by atoms with van der Waals surface area (Å²) >= 11 is 0. The summed E-state index contributed by atoms with van der Waals surface area (Å²) < 4.78 is 57.1. The average molecular weight is 419 g/mol. The van der Waals surface area contributed by atoms with E-state index in [4.69, 9.17) is 4.74 Å². The van der Waals surface area contributed by atoms with Crippen molar-refractivity contribution < 1.29 is 27.1 Å². The van der Waals surface area contributed by atoms with Gasteiger partial charge in [0.05, 0.1) is 12.1 Å². The largest absolute Gasteiger partial charge is 0.472 e. The molecule has 9 heteroatoms. The molecule has 1 aromatic carbocycles. The number of nitrogens with one attached hydrogen (secondary N) is 1. The van der Waals surface area contributed by atoms with Gasteiger partial charge in [0.1, 0.15) is 17.6 Å². The molecule has 4 rings (SSSR count). The maximum atomic E-state index is 13.1. The van der Waals surface area contributed by atoms with E-state index in [-0.39, 0.29) is 24.1 Å². The Labute approximate surface area is 169 Å². The van der Waals surface area contributed by atoms with Crippen LogP contribution in [-0.4, -0.2) is 40.0 Å². The van der Waals surface area contributed by atoms with Crippen LogP contribution >= 0.6 is 0 Å². The van der Waals surface area contributed by atoms with Crippen molar-refractivity contribution in [3.8, 4) is 17.0 Å². The number of hydrogen-bond acceptors (Lipinski definition) is 3. The molecular weight excluding hydrogens is 402 g/mol. The Hall–Kier alpha value is -3.36. The first-order valence-electron chi connectivity index (χ1n) is 9.23. The zero-order valence-electron chi connectivity index (χ0n) is 15.6. The molecule has 156 valence electrons. The number of H-pyrrole nitrogens is 1. The fourth-order valence-corrected chi connectivity index (χ4v) is 3.33. The second-order valence-electron chi connectivity index (χ2n) is 6.97. The fourth-order valence-electron chi connectivity index (χ4n) is 3.33. The summed E-state index contributed by atoms with van der Waals surface area (Å²) in [5.74, 6) is -0.710. The summed E-state index contributed by atoms with van der Waals surface area (Å²) in [5, 5.41) is 0. The molecule has 3 heterocycles. The molecule has 0 saturated carbocycles. The van der Waals surface area contributed by atoms with Gasteiger partial charge in [-0.2, -0.15) is 13.2 Å². The fraction of sp³-hybridized carbons (Fsp3) is 0.238. The third-order valence-electron chi connectivity index (χ3n) is 4.87. The van der Waals surface area contributed by atoms with Gasteiger partial charge in [0.25, 0.3) is 5.91 Å². The predicted octanol–water partition coefficient (Wildman–Crippen LogP) is 4.53. The van der Waals surface area contributed by atoms with Crippen molar-refractivity contribution in [2.45, 2.75) is 18.7 Å². The number of benzene rings is 1. The predicted molar refractivity (Wildman–Crippen MR) is 100 cm³/mol. The van der Waals surface area contributed by atoms with Crippen LogP contribution in [0.1, 0.15) is 22.5 Å². The summed E-state index contributed by atoms with van der Waals surface area (Å²) in [6, 6.07) is 9.33. The van der Waals surface area contributed by atoms with Crippen molar-refractivity contribution in [1.29, 1.82) is 0 Å². The van der Waals surface area contributed by atoms with Crippen LogP contribution in [0.3, 0.4) is 0 Å². The lowest BCUT2D eigenvalue weighted by atomic mass is 10.1. The number of nitrogens with zero attached hydrogens (tertiary/aromatic N) is 2. The van der Waals surface area contributed by atoms with E-state index >= 15 is 0 Å². The van der Waals surface area contributed by atoms with Gasteiger partial charge in [-0.25, -0.2) is 9.37 Å². The monoisotopic (exact) mass is 419 g/mol. The molecule has 1 amide bonds. The third kappa shape index (κ3) is 4.29. The number of alkyl halides is 3. The number of pyridine rings is 1. The Morgan fingerprint density at radius 3 is 2.63 bits per heavy atom. The summed E-state index contributed by atoms with van der Waals surface area (Å²) in [5.41, 5.74) is 1.05. The van der Waals surface area contributed by atoms with Gasteiger partial charge < -0.3 is 14.6 Å². The molecule has 2 aromatic heterocycles. The van der Waals surface area contributed by atoms with Crippen molar-refractivity contribution in [3.05, 3.63) is 71.9 Å². The smallest absolute Gasteiger partial charge is 0.416 e. The Morgan fingerprint density at radius 1 is 1.13 bits per heavy atom. The lowest BCUT2D eigenvalue weighted by Gasteiger charge is -2.16. The van der Waals surface area contributed by atoms with Gasteiger partial charge in [-0.1, -0.05) is 12.1 Å². The Balaban J connectivity index is 1.40. The topological polar surface area (TPSA) is 58.2 Å². The zero-order valence-corrected chi connectivity index (χ0v) is 15.6. The zero-order chi connectivity index (χ0) is 21.3. The third-order valence-corrected chi connectivity index (χ3v) is 4.87. The summed E-state index contributed by atoms with van der Waals surface area (Å²) in [7, 11) is 0. The summed E-state index contributed by atoms with van der Waals surface area (Å²) in [4.78, 5) is 21.1.